The first-order valence-corrected chi connectivity index (χ1v) is 9.04. The van der Waals surface area contributed by atoms with Crippen LogP contribution in [0.2, 0.25) is 0 Å². The van der Waals surface area contributed by atoms with Crippen molar-refractivity contribution in [2.24, 2.45) is 7.05 Å². The molecule has 0 atom stereocenters. The standard InChI is InChI=1S/C19H20N8O/c1-25-18-16(11-23-25)19(22-13-21-18)27-8-6-26(7-9-27)12-17(28)24-15-4-2-14(10-20)3-5-15/h2-5,11,13H,6-9,12H2,1H3,(H,24,28). The highest BCUT2D eigenvalue weighted by Gasteiger charge is 2.22. The molecule has 1 fully saturated rings. The highest BCUT2D eigenvalue weighted by Crippen LogP contribution is 2.23. The van der Waals surface area contributed by atoms with Gasteiger partial charge in [-0.1, -0.05) is 0 Å². The Labute approximate surface area is 162 Å². The normalized spacial score (nSPS) is 14.8. The molecule has 1 saturated heterocycles. The smallest absolute Gasteiger partial charge is 0.238 e. The van der Waals surface area contributed by atoms with Crippen LogP contribution in [0.5, 0.6) is 0 Å². The van der Waals surface area contributed by atoms with Crippen LogP contribution in [0.15, 0.2) is 36.8 Å². The lowest BCUT2D eigenvalue weighted by Gasteiger charge is -2.35. The summed E-state index contributed by atoms with van der Waals surface area (Å²) in [7, 11) is 1.86. The van der Waals surface area contributed by atoms with Crippen molar-refractivity contribution >= 4 is 28.4 Å². The molecule has 0 saturated carbocycles. The molecule has 4 rings (SSSR count). The zero-order valence-corrected chi connectivity index (χ0v) is 15.5. The lowest BCUT2D eigenvalue weighted by atomic mass is 10.2. The van der Waals surface area contributed by atoms with Crippen molar-refractivity contribution in [1.29, 1.82) is 5.26 Å². The molecule has 0 aliphatic carbocycles. The summed E-state index contributed by atoms with van der Waals surface area (Å²) in [5.41, 5.74) is 2.08. The Hall–Kier alpha value is -3.51. The van der Waals surface area contributed by atoms with Crippen LogP contribution in [0, 0.1) is 11.3 Å². The average Bonchev–Trinajstić information content (AvgIpc) is 3.10. The molecular weight excluding hydrogens is 356 g/mol. The third-order valence-corrected chi connectivity index (χ3v) is 4.85. The zero-order chi connectivity index (χ0) is 19.5. The van der Waals surface area contributed by atoms with Gasteiger partial charge < -0.3 is 10.2 Å². The summed E-state index contributed by atoms with van der Waals surface area (Å²) in [5.74, 6) is 0.828. The van der Waals surface area contributed by atoms with Gasteiger partial charge in [0.25, 0.3) is 0 Å². The van der Waals surface area contributed by atoms with Crippen molar-refractivity contribution in [3.63, 3.8) is 0 Å². The number of piperazine rings is 1. The fourth-order valence-corrected chi connectivity index (χ4v) is 3.35. The Balaban J connectivity index is 1.33. The van der Waals surface area contributed by atoms with E-state index in [1.807, 2.05) is 7.05 Å². The van der Waals surface area contributed by atoms with Crippen LogP contribution in [0.25, 0.3) is 11.0 Å². The number of anilines is 2. The van der Waals surface area contributed by atoms with Gasteiger partial charge in [-0.15, -0.1) is 0 Å². The van der Waals surface area contributed by atoms with Gasteiger partial charge in [-0.2, -0.15) is 10.4 Å². The van der Waals surface area contributed by atoms with Crippen LogP contribution < -0.4 is 10.2 Å². The highest BCUT2D eigenvalue weighted by atomic mass is 16.2. The molecule has 9 heteroatoms. The molecular formula is C19H20N8O. The fraction of sp³-hybridized carbons (Fsp3) is 0.316. The zero-order valence-electron chi connectivity index (χ0n) is 15.5. The lowest BCUT2D eigenvalue weighted by molar-refractivity contribution is -0.117. The van der Waals surface area contributed by atoms with Crippen molar-refractivity contribution in [3.8, 4) is 6.07 Å². The van der Waals surface area contributed by atoms with Gasteiger partial charge in [0.2, 0.25) is 5.91 Å². The Morgan fingerprint density at radius 3 is 2.64 bits per heavy atom. The molecule has 1 amide bonds. The van der Waals surface area contributed by atoms with E-state index in [1.54, 1.807) is 41.5 Å². The van der Waals surface area contributed by atoms with Crippen molar-refractivity contribution in [2.75, 3.05) is 42.9 Å². The van der Waals surface area contributed by atoms with Crippen LogP contribution in [-0.4, -0.2) is 63.3 Å². The molecule has 0 unspecified atom stereocenters. The molecule has 1 aromatic carbocycles. The maximum atomic E-state index is 12.3. The second kappa shape index (κ2) is 7.62. The maximum Gasteiger partial charge on any atom is 0.238 e. The molecule has 3 heterocycles. The molecule has 3 aromatic rings. The van der Waals surface area contributed by atoms with Crippen LogP contribution in [0.3, 0.4) is 0 Å². The highest BCUT2D eigenvalue weighted by molar-refractivity contribution is 5.92. The topological polar surface area (TPSA) is 103 Å². The number of carbonyl (C=O) groups excluding carboxylic acids is 1. The van der Waals surface area contributed by atoms with E-state index in [-0.39, 0.29) is 5.91 Å². The van der Waals surface area contributed by atoms with E-state index in [2.05, 4.69) is 36.3 Å². The second-order valence-electron chi connectivity index (χ2n) is 6.70. The largest absolute Gasteiger partial charge is 0.353 e. The minimum absolute atomic E-state index is 0.0603. The van der Waals surface area contributed by atoms with Gasteiger partial charge in [-0.3, -0.25) is 14.4 Å². The van der Waals surface area contributed by atoms with Gasteiger partial charge in [-0.25, -0.2) is 9.97 Å². The first-order chi connectivity index (χ1) is 13.6. The molecule has 9 nitrogen and oxygen atoms in total. The van der Waals surface area contributed by atoms with Gasteiger partial charge in [0.05, 0.1) is 29.8 Å². The Kier molecular flexibility index (Phi) is 4.87. The number of amides is 1. The van der Waals surface area contributed by atoms with E-state index in [1.165, 1.54) is 0 Å². The van der Waals surface area contributed by atoms with Crippen molar-refractivity contribution < 1.29 is 4.79 Å². The van der Waals surface area contributed by atoms with Gasteiger partial charge in [0.15, 0.2) is 5.65 Å². The number of fused-ring (bicyclic) bond motifs is 1. The van der Waals surface area contributed by atoms with Gasteiger partial charge >= 0.3 is 0 Å². The lowest BCUT2D eigenvalue weighted by Crippen LogP contribution is -2.49. The quantitative estimate of drug-likeness (QED) is 0.724. The predicted octanol–water partition coefficient (Wildman–Crippen LogP) is 0.996. The molecule has 2 aromatic heterocycles. The summed E-state index contributed by atoms with van der Waals surface area (Å²) in [4.78, 5) is 25.4. The van der Waals surface area contributed by atoms with Crippen LogP contribution in [0.4, 0.5) is 11.5 Å². The van der Waals surface area contributed by atoms with Crippen LogP contribution in [0.1, 0.15) is 5.56 Å². The maximum absolute atomic E-state index is 12.3. The van der Waals surface area contributed by atoms with Crippen LogP contribution in [-0.2, 0) is 11.8 Å². The number of aromatic nitrogens is 4. The minimum atomic E-state index is -0.0603. The number of hydrogen-bond acceptors (Lipinski definition) is 7. The summed E-state index contributed by atoms with van der Waals surface area (Å²) >= 11 is 0. The number of nitrogens with one attached hydrogen (secondary N) is 1. The SMILES string of the molecule is Cn1ncc2c(N3CCN(CC(=O)Nc4ccc(C#N)cc4)CC3)ncnc21. The van der Waals surface area contributed by atoms with Crippen molar-refractivity contribution in [3.05, 3.63) is 42.4 Å². The Morgan fingerprint density at radius 2 is 1.93 bits per heavy atom. The summed E-state index contributed by atoms with van der Waals surface area (Å²) < 4.78 is 1.74. The minimum Gasteiger partial charge on any atom is -0.353 e. The number of rotatable bonds is 4. The number of nitriles is 1. The first kappa shape index (κ1) is 17.9. The monoisotopic (exact) mass is 376 g/mol. The molecule has 1 aliphatic heterocycles. The van der Waals surface area contributed by atoms with Gasteiger partial charge in [0, 0.05) is 38.9 Å². The van der Waals surface area contributed by atoms with Crippen molar-refractivity contribution in [1.82, 2.24) is 24.6 Å². The molecule has 0 bridgehead atoms. The average molecular weight is 376 g/mol. The van der Waals surface area contributed by atoms with Gasteiger partial charge in [-0.05, 0) is 24.3 Å². The number of aryl methyl sites for hydroxylation is 1. The van der Waals surface area contributed by atoms with E-state index >= 15 is 0 Å². The molecule has 1 N–H and O–H groups in total. The molecule has 1 aliphatic rings. The number of carbonyl (C=O) groups is 1. The Morgan fingerprint density at radius 1 is 1.18 bits per heavy atom. The van der Waals surface area contributed by atoms with Crippen molar-refractivity contribution in [2.45, 2.75) is 0 Å². The number of nitrogens with zero attached hydrogens (tertiary/aromatic N) is 7. The molecule has 0 radical (unpaired) electrons. The molecule has 142 valence electrons. The van der Waals surface area contributed by atoms with E-state index in [4.69, 9.17) is 5.26 Å². The molecule has 28 heavy (non-hydrogen) atoms. The second-order valence-corrected chi connectivity index (χ2v) is 6.70. The fourth-order valence-electron chi connectivity index (χ4n) is 3.35. The van der Waals surface area contributed by atoms with Crippen LogP contribution >= 0.6 is 0 Å². The first-order valence-electron chi connectivity index (χ1n) is 9.04. The predicted molar refractivity (Wildman–Crippen MR) is 105 cm³/mol. The summed E-state index contributed by atoms with van der Waals surface area (Å²) in [6.45, 7) is 3.44. The summed E-state index contributed by atoms with van der Waals surface area (Å²) in [6.07, 6.45) is 3.36. The molecule has 0 spiro atoms. The van der Waals surface area contributed by atoms with E-state index in [0.717, 1.165) is 43.0 Å². The number of hydrogen-bond donors (Lipinski definition) is 1. The Bertz CT molecular complexity index is 1030. The summed E-state index contributed by atoms with van der Waals surface area (Å²) in [6, 6.07) is 8.92. The van der Waals surface area contributed by atoms with E-state index in [9.17, 15) is 4.79 Å². The van der Waals surface area contributed by atoms with E-state index < -0.39 is 0 Å². The van der Waals surface area contributed by atoms with Gasteiger partial charge in [0.1, 0.15) is 12.1 Å². The summed E-state index contributed by atoms with van der Waals surface area (Å²) in [5, 5.41) is 16.9. The van der Waals surface area contributed by atoms with E-state index in [0.29, 0.717) is 17.8 Å². The third kappa shape index (κ3) is 3.63. The number of benzene rings is 1. The third-order valence-electron chi connectivity index (χ3n) is 4.85.